The van der Waals surface area contributed by atoms with Crippen molar-refractivity contribution in [3.63, 3.8) is 0 Å². The van der Waals surface area contributed by atoms with Crippen molar-refractivity contribution in [3.8, 4) is 11.5 Å². The molecule has 7 heteroatoms. The number of aryl methyl sites for hydroxylation is 3. The predicted molar refractivity (Wildman–Crippen MR) is 90.7 cm³/mol. The zero-order valence-corrected chi connectivity index (χ0v) is 14.3. The van der Waals surface area contributed by atoms with E-state index in [9.17, 15) is 4.79 Å². The van der Waals surface area contributed by atoms with Gasteiger partial charge in [0.05, 0.1) is 25.5 Å². The van der Waals surface area contributed by atoms with E-state index in [1.54, 1.807) is 18.8 Å². The summed E-state index contributed by atoms with van der Waals surface area (Å²) in [5, 5.41) is 10.1. The number of benzene rings is 1. The van der Waals surface area contributed by atoms with Gasteiger partial charge in [0.2, 0.25) is 0 Å². The third kappa shape index (κ3) is 3.15. The van der Waals surface area contributed by atoms with E-state index in [0.29, 0.717) is 30.3 Å². The first-order valence-electron chi connectivity index (χ1n) is 7.87. The number of hydrogen-bond donors (Lipinski definition) is 2. The van der Waals surface area contributed by atoms with Gasteiger partial charge in [0.25, 0.3) is 0 Å². The summed E-state index contributed by atoms with van der Waals surface area (Å²) in [6.07, 6.45) is 0.706. The van der Waals surface area contributed by atoms with Crippen LogP contribution in [-0.4, -0.2) is 29.5 Å². The molecule has 0 fully saturated rings. The number of carbonyl (C=O) groups is 1. The van der Waals surface area contributed by atoms with Crippen LogP contribution in [0.5, 0.6) is 11.5 Å². The third-order valence-corrected chi connectivity index (χ3v) is 4.03. The molecule has 0 aliphatic carbocycles. The second kappa shape index (κ2) is 6.43. The Kier molecular flexibility index (Phi) is 4.33. The minimum absolute atomic E-state index is 0.128. The normalized spacial score (nSPS) is 16.1. The number of ether oxygens (including phenoxy) is 2. The molecule has 2 N–H and O–H groups in total. The molecule has 1 aliphatic heterocycles. The largest absolute Gasteiger partial charge is 0.493 e. The number of anilines is 1. The van der Waals surface area contributed by atoms with Crippen molar-refractivity contribution in [3.05, 3.63) is 35.0 Å². The molecule has 2 amide bonds. The van der Waals surface area contributed by atoms with E-state index < -0.39 is 0 Å². The van der Waals surface area contributed by atoms with E-state index in [4.69, 9.17) is 9.47 Å². The predicted octanol–water partition coefficient (Wildman–Crippen LogP) is 2.69. The van der Waals surface area contributed by atoms with Crippen molar-refractivity contribution < 1.29 is 14.3 Å². The maximum absolute atomic E-state index is 12.4. The molecule has 0 saturated carbocycles. The Balaban J connectivity index is 1.78. The highest BCUT2D eigenvalue weighted by Crippen LogP contribution is 2.40. The number of amides is 2. The quantitative estimate of drug-likeness (QED) is 0.907. The van der Waals surface area contributed by atoms with Crippen molar-refractivity contribution in [2.24, 2.45) is 7.05 Å². The van der Waals surface area contributed by atoms with Gasteiger partial charge < -0.3 is 14.8 Å². The van der Waals surface area contributed by atoms with E-state index in [2.05, 4.69) is 15.7 Å². The fourth-order valence-electron chi connectivity index (χ4n) is 2.95. The van der Waals surface area contributed by atoms with Crippen LogP contribution in [0.2, 0.25) is 0 Å². The Morgan fingerprint density at radius 3 is 2.83 bits per heavy atom. The summed E-state index contributed by atoms with van der Waals surface area (Å²) in [5.41, 5.74) is 2.85. The molecule has 0 spiro atoms. The lowest BCUT2D eigenvalue weighted by molar-refractivity contribution is 0.226. The molecule has 1 aliphatic rings. The first-order valence-corrected chi connectivity index (χ1v) is 7.87. The summed E-state index contributed by atoms with van der Waals surface area (Å²) >= 11 is 0. The standard InChI is InChI=1S/C17H22N4O3/c1-10-7-12-13(5-6-24-16(12)14(8-10)23-4)18-17(22)19-15-9-11(2)20-21(15)3/h7-9,13H,5-6H2,1-4H3,(H2,18,19,22). The fraction of sp³-hybridized carbons (Fsp3) is 0.412. The molecule has 2 heterocycles. The topological polar surface area (TPSA) is 77.4 Å². The van der Waals surface area contributed by atoms with Crippen LogP contribution in [0.15, 0.2) is 18.2 Å². The maximum atomic E-state index is 12.4. The number of fused-ring (bicyclic) bond motifs is 1. The van der Waals surface area contributed by atoms with Gasteiger partial charge >= 0.3 is 6.03 Å². The second-order valence-corrected chi connectivity index (χ2v) is 5.97. The smallest absolute Gasteiger partial charge is 0.320 e. The molecule has 0 saturated heterocycles. The number of rotatable bonds is 3. The zero-order chi connectivity index (χ0) is 17.3. The molecule has 3 rings (SSSR count). The number of nitrogens with one attached hydrogen (secondary N) is 2. The van der Waals surface area contributed by atoms with Gasteiger partial charge in [-0.15, -0.1) is 0 Å². The monoisotopic (exact) mass is 330 g/mol. The van der Waals surface area contributed by atoms with E-state index in [0.717, 1.165) is 16.8 Å². The van der Waals surface area contributed by atoms with Crippen molar-refractivity contribution in [1.29, 1.82) is 0 Å². The summed E-state index contributed by atoms with van der Waals surface area (Å²) in [4.78, 5) is 12.4. The lowest BCUT2D eigenvalue weighted by Gasteiger charge is -2.28. The summed E-state index contributed by atoms with van der Waals surface area (Å²) in [6, 6.07) is 5.38. The van der Waals surface area contributed by atoms with Crippen molar-refractivity contribution in [2.45, 2.75) is 26.3 Å². The molecule has 7 nitrogen and oxygen atoms in total. The Morgan fingerprint density at radius 1 is 1.38 bits per heavy atom. The van der Waals surface area contributed by atoms with Crippen LogP contribution in [-0.2, 0) is 7.05 Å². The first kappa shape index (κ1) is 16.2. The number of carbonyl (C=O) groups excluding carboxylic acids is 1. The Bertz CT molecular complexity index is 769. The summed E-state index contributed by atoms with van der Waals surface area (Å²) in [6.45, 7) is 4.40. The maximum Gasteiger partial charge on any atom is 0.320 e. The molecule has 1 aromatic heterocycles. The van der Waals surface area contributed by atoms with Gasteiger partial charge in [-0.05, 0) is 25.5 Å². The van der Waals surface area contributed by atoms with Crippen LogP contribution in [0.25, 0.3) is 0 Å². The molecular weight excluding hydrogens is 308 g/mol. The summed E-state index contributed by atoms with van der Waals surface area (Å²) < 4.78 is 12.8. The molecule has 128 valence electrons. The van der Waals surface area contributed by atoms with Crippen molar-refractivity contribution in [2.75, 3.05) is 19.0 Å². The van der Waals surface area contributed by atoms with Gasteiger partial charge in [-0.3, -0.25) is 10.00 Å². The number of urea groups is 1. The molecule has 1 unspecified atom stereocenters. The van der Waals surface area contributed by atoms with Crippen LogP contribution < -0.4 is 20.1 Å². The van der Waals surface area contributed by atoms with E-state index in [1.165, 1.54) is 0 Å². The van der Waals surface area contributed by atoms with Crippen LogP contribution in [0, 0.1) is 13.8 Å². The average Bonchev–Trinajstić information content (AvgIpc) is 2.84. The van der Waals surface area contributed by atoms with Crippen LogP contribution >= 0.6 is 0 Å². The molecule has 24 heavy (non-hydrogen) atoms. The van der Waals surface area contributed by atoms with Gasteiger partial charge in [0.1, 0.15) is 5.82 Å². The van der Waals surface area contributed by atoms with Crippen molar-refractivity contribution >= 4 is 11.8 Å². The first-order chi connectivity index (χ1) is 11.5. The zero-order valence-electron chi connectivity index (χ0n) is 14.3. The number of hydrogen-bond acceptors (Lipinski definition) is 4. The van der Waals surface area contributed by atoms with E-state index in [1.807, 2.05) is 32.0 Å². The Labute approximate surface area is 140 Å². The molecular formula is C17H22N4O3. The van der Waals surface area contributed by atoms with Gasteiger partial charge in [-0.2, -0.15) is 5.10 Å². The average molecular weight is 330 g/mol. The number of nitrogens with zero attached hydrogens (tertiary/aromatic N) is 2. The van der Waals surface area contributed by atoms with E-state index in [-0.39, 0.29) is 12.1 Å². The fourth-order valence-corrected chi connectivity index (χ4v) is 2.95. The Hall–Kier alpha value is -2.70. The highest BCUT2D eigenvalue weighted by molar-refractivity contribution is 5.88. The molecule has 2 aromatic rings. The minimum atomic E-state index is -0.267. The van der Waals surface area contributed by atoms with Crippen LogP contribution in [0.1, 0.15) is 29.3 Å². The molecule has 0 bridgehead atoms. The van der Waals surface area contributed by atoms with Gasteiger partial charge in [-0.25, -0.2) is 4.79 Å². The lowest BCUT2D eigenvalue weighted by Crippen LogP contribution is -2.35. The summed E-state index contributed by atoms with van der Waals surface area (Å²) in [5.74, 6) is 2.05. The number of aromatic nitrogens is 2. The highest BCUT2D eigenvalue weighted by Gasteiger charge is 2.26. The van der Waals surface area contributed by atoms with Gasteiger partial charge in [0.15, 0.2) is 11.5 Å². The second-order valence-electron chi connectivity index (χ2n) is 5.97. The summed E-state index contributed by atoms with van der Waals surface area (Å²) in [7, 11) is 3.41. The van der Waals surface area contributed by atoms with Gasteiger partial charge in [0, 0.05) is 25.1 Å². The number of methoxy groups -OCH3 is 1. The third-order valence-electron chi connectivity index (χ3n) is 4.03. The van der Waals surface area contributed by atoms with Gasteiger partial charge in [-0.1, -0.05) is 6.07 Å². The van der Waals surface area contributed by atoms with Crippen LogP contribution in [0.3, 0.4) is 0 Å². The molecule has 0 radical (unpaired) electrons. The van der Waals surface area contributed by atoms with Crippen LogP contribution in [0.4, 0.5) is 10.6 Å². The molecule has 1 atom stereocenters. The minimum Gasteiger partial charge on any atom is -0.493 e. The Morgan fingerprint density at radius 2 is 2.17 bits per heavy atom. The lowest BCUT2D eigenvalue weighted by atomic mass is 9.98. The SMILES string of the molecule is COc1cc(C)cc2c1OCCC2NC(=O)Nc1cc(C)nn1C. The molecule has 1 aromatic carbocycles. The highest BCUT2D eigenvalue weighted by atomic mass is 16.5. The van der Waals surface area contributed by atoms with Crippen molar-refractivity contribution in [1.82, 2.24) is 15.1 Å². The van der Waals surface area contributed by atoms with E-state index >= 15 is 0 Å².